The van der Waals surface area contributed by atoms with Crippen LogP contribution in [0.2, 0.25) is 0 Å². The van der Waals surface area contributed by atoms with Gasteiger partial charge in [-0.15, -0.1) is 11.3 Å². The summed E-state index contributed by atoms with van der Waals surface area (Å²) < 4.78 is 31.7. The third-order valence-electron chi connectivity index (χ3n) is 9.11. The van der Waals surface area contributed by atoms with Crippen molar-refractivity contribution in [3.63, 3.8) is 0 Å². The van der Waals surface area contributed by atoms with Crippen molar-refractivity contribution in [3.8, 4) is 10.6 Å². The van der Waals surface area contributed by atoms with Gasteiger partial charge in [0, 0.05) is 11.6 Å². The molecule has 0 radical (unpaired) electrons. The van der Waals surface area contributed by atoms with Crippen molar-refractivity contribution < 1.29 is 18.0 Å². The Morgan fingerprint density at radius 1 is 0.860 bits per heavy atom. The van der Waals surface area contributed by atoms with Crippen LogP contribution >= 0.6 is 11.3 Å². The van der Waals surface area contributed by atoms with Crippen molar-refractivity contribution in [2.75, 3.05) is 4.90 Å². The number of fused-ring (bicyclic) bond motifs is 1. The molecule has 2 aliphatic rings. The number of rotatable bonds is 6. The first kappa shape index (κ1) is 29.7. The van der Waals surface area contributed by atoms with E-state index in [0.29, 0.717) is 29.7 Å². The van der Waals surface area contributed by atoms with Crippen molar-refractivity contribution in [3.05, 3.63) is 76.3 Å². The van der Waals surface area contributed by atoms with Crippen LogP contribution in [0.15, 0.2) is 53.4 Å². The molecule has 9 heteroatoms. The SMILES string of the molecule is Cc1ccc2nc(-c3ccc(N4C(=O)CC(N(C5CCCCC5)S(=O)(=O)c5c(C)c(C)cc(C)c5C)C4=O)cc3)sc2c1. The van der Waals surface area contributed by atoms with Crippen LogP contribution in [0.25, 0.3) is 20.8 Å². The van der Waals surface area contributed by atoms with Crippen molar-refractivity contribution in [2.45, 2.75) is 90.1 Å². The lowest BCUT2D eigenvalue weighted by atomic mass is 9.94. The Morgan fingerprint density at radius 3 is 2.16 bits per heavy atom. The van der Waals surface area contributed by atoms with Crippen LogP contribution < -0.4 is 4.90 Å². The predicted molar refractivity (Wildman–Crippen MR) is 172 cm³/mol. The predicted octanol–water partition coefficient (Wildman–Crippen LogP) is 7.16. The van der Waals surface area contributed by atoms with Gasteiger partial charge in [0.05, 0.1) is 27.2 Å². The van der Waals surface area contributed by atoms with E-state index in [9.17, 15) is 18.0 Å². The number of hydrogen-bond acceptors (Lipinski definition) is 6. The molecule has 0 spiro atoms. The third kappa shape index (κ3) is 5.21. The molecule has 1 atom stereocenters. The summed E-state index contributed by atoms with van der Waals surface area (Å²) in [6.07, 6.45) is 4.01. The van der Waals surface area contributed by atoms with Gasteiger partial charge in [0.15, 0.2) is 0 Å². The summed E-state index contributed by atoms with van der Waals surface area (Å²) in [5, 5.41) is 0.859. The average molecular weight is 616 g/mol. The van der Waals surface area contributed by atoms with E-state index in [0.717, 1.165) is 51.2 Å². The number of carbonyl (C=O) groups excluding carboxylic acids is 2. The summed E-state index contributed by atoms with van der Waals surface area (Å²) in [7, 11) is -4.08. The standard InChI is InChI=1S/C34H37N3O4S2/c1-20-11-16-28-30(17-20)42-33(35-28)25-12-14-26(15-13-25)36-31(38)19-29(34(36)39)37(27-9-7-6-8-10-27)43(40,41)32-23(4)21(2)18-22(3)24(32)5/h11-18,27,29H,6-10,19H2,1-5H3. The number of carbonyl (C=O) groups is 2. The quantitative estimate of drug-likeness (QED) is 0.215. The second-order valence-corrected chi connectivity index (χ2v) is 14.9. The molecule has 6 rings (SSSR count). The summed E-state index contributed by atoms with van der Waals surface area (Å²) in [5.74, 6) is -0.870. The van der Waals surface area contributed by atoms with Gasteiger partial charge >= 0.3 is 0 Å². The van der Waals surface area contributed by atoms with E-state index < -0.39 is 22.0 Å². The highest BCUT2D eigenvalue weighted by Crippen LogP contribution is 2.38. The van der Waals surface area contributed by atoms with Gasteiger partial charge in [0.1, 0.15) is 11.0 Å². The van der Waals surface area contributed by atoms with E-state index in [1.807, 2.05) is 58.0 Å². The smallest absolute Gasteiger partial charge is 0.252 e. The number of anilines is 1. The minimum Gasteiger partial charge on any atom is -0.274 e. The van der Waals surface area contributed by atoms with Gasteiger partial charge in [0.2, 0.25) is 15.9 Å². The van der Waals surface area contributed by atoms with Gasteiger partial charge in [-0.2, -0.15) is 4.31 Å². The van der Waals surface area contributed by atoms with E-state index in [1.54, 1.807) is 23.5 Å². The first-order valence-electron chi connectivity index (χ1n) is 14.9. The first-order chi connectivity index (χ1) is 20.5. The Bertz CT molecular complexity index is 1830. The van der Waals surface area contributed by atoms with Crippen molar-refractivity contribution in [2.24, 2.45) is 0 Å². The number of nitrogens with zero attached hydrogens (tertiary/aromatic N) is 3. The number of thiazole rings is 1. The molecule has 1 saturated heterocycles. The molecular formula is C34H37N3O4S2. The van der Waals surface area contributed by atoms with Gasteiger partial charge in [-0.1, -0.05) is 31.4 Å². The zero-order chi connectivity index (χ0) is 30.6. The van der Waals surface area contributed by atoms with Crippen LogP contribution in [-0.2, 0) is 19.6 Å². The summed E-state index contributed by atoms with van der Waals surface area (Å²) in [6, 6.07) is 14.0. The van der Waals surface area contributed by atoms with Crippen LogP contribution in [0, 0.1) is 34.6 Å². The highest BCUT2D eigenvalue weighted by atomic mass is 32.2. The highest BCUT2D eigenvalue weighted by Gasteiger charge is 2.50. The molecule has 2 fully saturated rings. The number of amides is 2. The Labute approximate surface area is 257 Å². The minimum atomic E-state index is -4.08. The van der Waals surface area contributed by atoms with Gasteiger partial charge in [0.25, 0.3) is 5.91 Å². The second kappa shape index (κ2) is 11.3. The van der Waals surface area contributed by atoms with Crippen LogP contribution in [-0.4, -0.2) is 41.6 Å². The summed E-state index contributed by atoms with van der Waals surface area (Å²) in [5.41, 5.74) is 6.61. The number of aryl methyl sites for hydroxylation is 3. The molecule has 0 bridgehead atoms. The van der Waals surface area contributed by atoms with Gasteiger partial charge in [-0.3, -0.25) is 9.59 Å². The molecule has 2 heterocycles. The number of imide groups is 1. The summed E-state index contributed by atoms with van der Waals surface area (Å²) in [4.78, 5) is 33.7. The first-order valence-corrected chi connectivity index (χ1v) is 17.2. The molecule has 1 saturated carbocycles. The Kier molecular flexibility index (Phi) is 7.77. The molecule has 4 aromatic rings. The van der Waals surface area contributed by atoms with Crippen molar-refractivity contribution >= 4 is 49.1 Å². The topological polar surface area (TPSA) is 87.7 Å². The fourth-order valence-corrected chi connectivity index (χ4v) is 10.1. The largest absolute Gasteiger partial charge is 0.274 e. The Morgan fingerprint density at radius 2 is 1.51 bits per heavy atom. The number of benzene rings is 3. The van der Waals surface area contributed by atoms with Gasteiger partial charge in [-0.25, -0.2) is 18.3 Å². The number of sulfonamides is 1. The molecule has 1 aliphatic carbocycles. The fourth-order valence-electron chi connectivity index (χ4n) is 6.62. The molecule has 2 amide bonds. The Hall–Kier alpha value is -3.40. The van der Waals surface area contributed by atoms with Crippen LogP contribution in [0.1, 0.15) is 66.3 Å². The lowest BCUT2D eigenvalue weighted by Gasteiger charge is -2.37. The zero-order valence-corrected chi connectivity index (χ0v) is 26.9. The maximum atomic E-state index is 14.6. The van der Waals surface area contributed by atoms with E-state index in [1.165, 1.54) is 14.8 Å². The molecule has 3 aromatic carbocycles. The van der Waals surface area contributed by atoms with E-state index >= 15 is 0 Å². The van der Waals surface area contributed by atoms with E-state index in [4.69, 9.17) is 4.98 Å². The fraction of sp³-hybridized carbons (Fsp3) is 0.382. The number of hydrogen-bond donors (Lipinski definition) is 0. The summed E-state index contributed by atoms with van der Waals surface area (Å²) >= 11 is 1.60. The van der Waals surface area contributed by atoms with Crippen molar-refractivity contribution in [1.29, 1.82) is 0 Å². The Balaban J connectivity index is 1.35. The molecule has 1 aliphatic heterocycles. The number of aromatic nitrogens is 1. The molecule has 43 heavy (non-hydrogen) atoms. The maximum Gasteiger partial charge on any atom is 0.252 e. The summed E-state index contributed by atoms with van der Waals surface area (Å²) in [6.45, 7) is 9.54. The average Bonchev–Trinajstić information content (AvgIpc) is 3.52. The molecule has 224 valence electrons. The molecule has 1 unspecified atom stereocenters. The second-order valence-electron chi connectivity index (χ2n) is 12.0. The molecule has 0 N–H and O–H groups in total. The van der Waals surface area contributed by atoms with Crippen LogP contribution in [0.5, 0.6) is 0 Å². The molecule has 7 nitrogen and oxygen atoms in total. The van der Waals surface area contributed by atoms with Crippen molar-refractivity contribution in [1.82, 2.24) is 9.29 Å². The molecule has 1 aromatic heterocycles. The van der Waals surface area contributed by atoms with E-state index in [2.05, 4.69) is 13.0 Å². The lowest BCUT2D eigenvalue weighted by Crippen LogP contribution is -2.51. The minimum absolute atomic E-state index is 0.170. The van der Waals surface area contributed by atoms with Crippen LogP contribution in [0.4, 0.5) is 5.69 Å². The normalized spacial score (nSPS) is 18.4. The third-order valence-corrected chi connectivity index (χ3v) is 12.4. The highest BCUT2D eigenvalue weighted by molar-refractivity contribution is 7.89. The molecular weight excluding hydrogens is 579 g/mol. The van der Waals surface area contributed by atoms with Gasteiger partial charge in [-0.05, 0) is 112 Å². The van der Waals surface area contributed by atoms with Crippen LogP contribution in [0.3, 0.4) is 0 Å². The van der Waals surface area contributed by atoms with Gasteiger partial charge < -0.3 is 0 Å². The lowest BCUT2D eigenvalue weighted by molar-refractivity contribution is -0.122. The monoisotopic (exact) mass is 615 g/mol. The zero-order valence-electron chi connectivity index (χ0n) is 25.3. The van der Waals surface area contributed by atoms with E-state index in [-0.39, 0.29) is 23.3 Å². The maximum absolute atomic E-state index is 14.6.